The molecule has 1 heterocycles. The third-order valence-corrected chi connectivity index (χ3v) is 2.44. The lowest BCUT2D eigenvalue weighted by Gasteiger charge is -2.18. The van der Waals surface area contributed by atoms with Crippen molar-refractivity contribution in [2.24, 2.45) is 0 Å². The quantitative estimate of drug-likeness (QED) is 0.786. The number of aromatic carboxylic acids is 1. The van der Waals surface area contributed by atoms with Crippen molar-refractivity contribution in [1.82, 2.24) is 4.98 Å². The fraction of sp³-hybridized carbons (Fsp3) is 0.583. The molecule has 0 bridgehead atoms. The second-order valence-electron chi connectivity index (χ2n) is 5.22. The van der Waals surface area contributed by atoms with Crippen LogP contribution in [0, 0.1) is 0 Å². The third kappa shape index (κ3) is 2.41. The fourth-order valence-corrected chi connectivity index (χ4v) is 1.55. The molecule has 84 valence electrons. The summed E-state index contributed by atoms with van der Waals surface area (Å²) in [5.41, 5.74) is 2.02. The van der Waals surface area contributed by atoms with E-state index in [0.29, 0.717) is 11.5 Å². The zero-order valence-electron chi connectivity index (χ0n) is 10.0. The Morgan fingerprint density at radius 3 is 2.20 bits per heavy atom. The first-order valence-corrected chi connectivity index (χ1v) is 5.20. The molecule has 0 fully saturated rings. The van der Waals surface area contributed by atoms with Crippen molar-refractivity contribution in [1.29, 1.82) is 0 Å². The summed E-state index contributed by atoms with van der Waals surface area (Å²) in [6.45, 7) is 10.1. The van der Waals surface area contributed by atoms with Gasteiger partial charge in [0.05, 0.1) is 5.56 Å². The maximum absolute atomic E-state index is 11.1. The molecule has 0 spiro atoms. The number of hydrogen-bond acceptors (Lipinski definition) is 1. The maximum atomic E-state index is 11.1. The van der Waals surface area contributed by atoms with Gasteiger partial charge in [0.2, 0.25) is 0 Å². The molecule has 1 aromatic heterocycles. The second-order valence-corrected chi connectivity index (χ2v) is 5.22. The van der Waals surface area contributed by atoms with E-state index in [1.807, 2.05) is 34.6 Å². The first-order valence-electron chi connectivity index (χ1n) is 5.20. The highest BCUT2D eigenvalue weighted by atomic mass is 16.4. The minimum atomic E-state index is -0.858. The van der Waals surface area contributed by atoms with Crippen LogP contribution in [0.5, 0.6) is 0 Å². The Morgan fingerprint density at radius 2 is 1.93 bits per heavy atom. The molecule has 3 heteroatoms. The number of nitrogens with one attached hydrogen (secondary N) is 1. The van der Waals surface area contributed by atoms with Crippen LogP contribution in [0.3, 0.4) is 0 Å². The minimum Gasteiger partial charge on any atom is -0.478 e. The molecular formula is C12H19NO2. The third-order valence-electron chi connectivity index (χ3n) is 2.44. The first kappa shape index (κ1) is 11.8. The molecule has 0 atom stereocenters. The van der Waals surface area contributed by atoms with E-state index in [1.54, 1.807) is 6.07 Å². The van der Waals surface area contributed by atoms with Gasteiger partial charge in [0.1, 0.15) is 0 Å². The van der Waals surface area contributed by atoms with Gasteiger partial charge in [-0.1, -0.05) is 34.6 Å². The van der Waals surface area contributed by atoms with Gasteiger partial charge in [0, 0.05) is 16.8 Å². The lowest BCUT2D eigenvalue weighted by Crippen LogP contribution is -2.16. The van der Waals surface area contributed by atoms with E-state index in [1.165, 1.54) is 0 Å². The van der Waals surface area contributed by atoms with Gasteiger partial charge in [-0.25, -0.2) is 4.79 Å². The van der Waals surface area contributed by atoms with Gasteiger partial charge >= 0.3 is 5.97 Å². The summed E-state index contributed by atoms with van der Waals surface area (Å²) in [5, 5.41) is 9.10. The Bertz CT molecular complexity index is 369. The first-order chi connectivity index (χ1) is 6.73. The van der Waals surface area contributed by atoms with E-state index in [9.17, 15) is 4.79 Å². The van der Waals surface area contributed by atoms with Crippen molar-refractivity contribution in [3.63, 3.8) is 0 Å². The van der Waals surface area contributed by atoms with Crippen molar-refractivity contribution in [3.05, 3.63) is 23.0 Å². The molecule has 2 N–H and O–H groups in total. The summed E-state index contributed by atoms with van der Waals surface area (Å²) in [6, 6.07) is 1.74. The van der Waals surface area contributed by atoms with Gasteiger partial charge in [0.15, 0.2) is 0 Å². The highest BCUT2D eigenvalue weighted by molar-refractivity contribution is 5.89. The Kier molecular flexibility index (Phi) is 2.93. The summed E-state index contributed by atoms with van der Waals surface area (Å²) in [4.78, 5) is 14.3. The summed E-state index contributed by atoms with van der Waals surface area (Å²) in [5.74, 6) is -0.540. The smallest absolute Gasteiger partial charge is 0.337 e. The van der Waals surface area contributed by atoms with E-state index in [2.05, 4.69) is 4.98 Å². The highest BCUT2D eigenvalue weighted by Crippen LogP contribution is 2.28. The predicted octanol–water partition coefficient (Wildman–Crippen LogP) is 3.13. The molecule has 0 amide bonds. The average Bonchev–Trinajstić information content (AvgIpc) is 2.45. The average molecular weight is 209 g/mol. The molecule has 0 aliphatic heterocycles. The summed E-state index contributed by atoms with van der Waals surface area (Å²) in [6.07, 6.45) is 0. The van der Waals surface area contributed by atoms with E-state index in [0.717, 1.165) is 11.4 Å². The van der Waals surface area contributed by atoms with E-state index in [-0.39, 0.29) is 5.41 Å². The predicted molar refractivity (Wildman–Crippen MR) is 60.5 cm³/mol. The van der Waals surface area contributed by atoms with Crippen molar-refractivity contribution in [2.45, 2.75) is 46.0 Å². The summed E-state index contributed by atoms with van der Waals surface area (Å²) < 4.78 is 0. The van der Waals surface area contributed by atoms with E-state index in [4.69, 9.17) is 5.11 Å². The minimum absolute atomic E-state index is 0.166. The molecule has 0 aliphatic carbocycles. The normalized spacial score (nSPS) is 12.1. The van der Waals surface area contributed by atoms with Crippen molar-refractivity contribution in [2.75, 3.05) is 0 Å². The zero-order chi connectivity index (χ0) is 11.8. The largest absolute Gasteiger partial charge is 0.478 e. The lowest BCUT2D eigenvalue weighted by molar-refractivity contribution is 0.0694. The van der Waals surface area contributed by atoms with Crippen LogP contribution in [0.25, 0.3) is 0 Å². The number of rotatable bonds is 2. The standard InChI is InChI=1S/C12H19NO2/c1-7(2)9-6-8(11(14)15)10(13-9)12(3,4)5/h6-7,13H,1-5H3,(H,14,15). The number of aromatic amines is 1. The van der Waals surface area contributed by atoms with Crippen molar-refractivity contribution in [3.8, 4) is 0 Å². The maximum Gasteiger partial charge on any atom is 0.337 e. The Labute approximate surface area is 90.5 Å². The number of carboxylic acids is 1. The number of carboxylic acid groups (broad SMARTS) is 1. The van der Waals surface area contributed by atoms with Crippen molar-refractivity contribution < 1.29 is 9.90 Å². The lowest BCUT2D eigenvalue weighted by atomic mass is 9.90. The van der Waals surface area contributed by atoms with Crippen molar-refractivity contribution >= 4 is 5.97 Å². The molecule has 0 radical (unpaired) electrons. The Balaban J connectivity index is 3.30. The molecule has 1 aromatic rings. The van der Waals surface area contributed by atoms with Gasteiger partial charge in [-0.3, -0.25) is 0 Å². The molecule has 0 aliphatic rings. The Morgan fingerprint density at radius 1 is 1.40 bits per heavy atom. The monoisotopic (exact) mass is 209 g/mol. The zero-order valence-corrected chi connectivity index (χ0v) is 10.0. The van der Waals surface area contributed by atoms with E-state index < -0.39 is 5.97 Å². The number of aromatic nitrogens is 1. The van der Waals surface area contributed by atoms with Gasteiger partial charge in [-0.15, -0.1) is 0 Å². The van der Waals surface area contributed by atoms with Crippen LogP contribution < -0.4 is 0 Å². The molecule has 0 aromatic carbocycles. The van der Waals surface area contributed by atoms with Crippen LogP contribution in [0.2, 0.25) is 0 Å². The number of hydrogen-bond donors (Lipinski definition) is 2. The molecule has 15 heavy (non-hydrogen) atoms. The van der Waals surface area contributed by atoms with Gasteiger partial charge in [0.25, 0.3) is 0 Å². The molecule has 0 unspecified atom stereocenters. The van der Waals surface area contributed by atoms with Crippen LogP contribution in [0.1, 0.15) is 62.3 Å². The summed E-state index contributed by atoms with van der Waals surface area (Å²) >= 11 is 0. The van der Waals surface area contributed by atoms with Crippen LogP contribution >= 0.6 is 0 Å². The van der Waals surface area contributed by atoms with Crippen LogP contribution in [-0.2, 0) is 5.41 Å². The van der Waals surface area contributed by atoms with Crippen LogP contribution in [0.4, 0.5) is 0 Å². The fourth-order valence-electron chi connectivity index (χ4n) is 1.55. The van der Waals surface area contributed by atoms with Gasteiger partial charge in [-0.2, -0.15) is 0 Å². The van der Waals surface area contributed by atoms with Crippen LogP contribution in [0.15, 0.2) is 6.07 Å². The topological polar surface area (TPSA) is 53.1 Å². The number of H-pyrrole nitrogens is 1. The highest BCUT2D eigenvalue weighted by Gasteiger charge is 2.24. The second kappa shape index (κ2) is 3.72. The Hall–Kier alpha value is -1.25. The molecule has 0 saturated heterocycles. The molecule has 1 rings (SSSR count). The summed E-state index contributed by atoms with van der Waals surface area (Å²) in [7, 11) is 0. The molecule has 0 saturated carbocycles. The SMILES string of the molecule is CC(C)c1cc(C(=O)O)c(C(C)(C)C)[nH]1. The molecule has 3 nitrogen and oxygen atoms in total. The molecular weight excluding hydrogens is 190 g/mol. The van der Waals surface area contributed by atoms with E-state index >= 15 is 0 Å². The van der Waals surface area contributed by atoms with Gasteiger partial charge < -0.3 is 10.1 Å². The van der Waals surface area contributed by atoms with Gasteiger partial charge in [-0.05, 0) is 12.0 Å². The number of carbonyl (C=O) groups is 1. The van der Waals surface area contributed by atoms with Crippen LogP contribution in [-0.4, -0.2) is 16.1 Å².